The summed E-state index contributed by atoms with van der Waals surface area (Å²) in [7, 11) is 0. The Kier molecular flexibility index (Phi) is 5.62. The third-order valence-corrected chi connectivity index (χ3v) is 5.18. The maximum Gasteiger partial charge on any atom is 0.310 e. The number of carboxylic acids is 1. The van der Waals surface area contributed by atoms with Gasteiger partial charge in [0, 0.05) is 19.0 Å². The fraction of sp³-hybridized carbons (Fsp3) is 0.875. The maximum absolute atomic E-state index is 12.6. The first-order chi connectivity index (χ1) is 10.1. The fourth-order valence-corrected chi connectivity index (χ4v) is 3.92. The first-order valence-electron chi connectivity index (χ1n) is 8.23. The smallest absolute Gasteiger partial charge is 0.310 e. The van der Waals surface area contributed by atoms with Crippen molar-refractivity contribution in [2.75, 3.05) is 13.2 Å². The van der Waals surface area contributed by atoms with E-state index in [2.05, 4.69) is 0 Å². The average Bonchev–Trinajstić information content (AvgIpc) is 2.99. The molecule has 5 heteroatoms. The molecule has 2 saturated carbocycles. The largest absolute Gasteiger partial charge is 0.481 e. The molecular weight excluding hydrogens is 270 g/mol. The number of hydrogen-bond donors (Lipinski definition) is 2. The van der Waals surface area contributed by atoms with Crippen LogP contribution in [0, 0.1) is 5.41 Å². The topological polar surface area (TPSA) is 77.8 Å². The van der Waals surface area contributed by atoms with E-state index in [0.29, 0.717) is 19.4 Å². The molecule has 0 unspecified atom stereocenters. The Balaban J connectivity index is 2.06. The summed E-state index contributed by atoms with van der Waals surface area (Å²) in [4.78, 5) is 26.1. The quantitative estimate of drug-likeness (QED) is 0.787. The van der Waals surface area contributed by atoms with Gasteiger partial charge in [0.1, 0.15) is 0 Å². The predicted octanol–water partition coefficient (Wildman–Crippen LogP) is 2.18. The summed E-state index contributed by atoms with van der Waals surface area (Å²) in [6, 6.07) is 0.194. The molecule has 5 nitrogen and oxygen atoms in total. The Morgan fingerprint density at radius 1 is 1.05 bits per heavy atom. The fourth-order valence-electron chi connectivity index (χ4n) is 3.92. The van der Waals surface area contributed by atoms with Gasteiger partial charge in [-0.05, 0) is 25.7 Å². The summed E-state index contributed by atoms with van der Waals surface area (Å²) in [5.41, 5.74) is -0.873. The molecule has 120 valence electrons. The van der Waals surface area contributed by atoms with E-state index in [0.717, 1.165) is 44.9 Å². The summed E-state index contributed by atoms with van der Waals surface area (Å²) in [6.45, 7) is 0.279. The molecule has 2 aliphatic rings. The zero-order chi connectivity index (χ0) is 15.3. The number of carboxylic acid groups (broad SMARTS) is 1. The molecule has 0 heterocycles. The van der Waals surface area contributed by atoms with Crippen molar-refractivity contribution in [2.45, 2.75) is 70.3 Å². The van der Waals surface area contributed by atoms with Crippen molar-refractivity contribution in [1.29, 1.82) is 0 Å². The molecule has 21 heavy (non-hydrogen) atoms. The minimum absolute atomic E-state index is 0.0533. The van der Waals surface area contributed by atoms with Gasteiger partial charge < -0.3 is 15.1 Å². The Morgan fingerprint density at radius 3 is 2.19 bits per heavy atom. The Hall–Kier alpha value is -1.10. The van der Waals surface area contributed by atoms with Crippen LogP contribution in [0.2, 0.25) is 0 Å². The van der Waals surface area contributed by atoms with E-state index in [1.807, 2.05) is 0 Å². The Morgan fingerprint density at radius 2 is 1.67 bits per heavy atom. The molecule has 0 aromatic heterocycles. The van der Waals surface area contributed by atoms with Gasteiger partial charge >= 0.3 is 5.97 Å². The molecule has 0 radical (unpaired) electrons. The van der Waals surface area contributed by atoms with Crippen molar-refractivity contribution >= 4 is 11.9 Å². The van der Waals surface area contributed by atoms with Gasteiger partial charge in [0.15, 0.2) is 0 Å². The third kappa shape index (κ3) is 3.76. The standard InChI is InChI=1S/C16H27NO4/c18-11-10-17(13-6-2-3-7-13)14(19)12-16(15(20)21)8-4-1-5-9-16/h13,18H,1-12H2,(H,20,21). The van der Waals surface area contributed by atoms with Crippen LogP contribution in [0.25, 0.3) is 0 Å². The lowest BCUT2D eigenvalue weighted by atomic mass is 9.71. The molecule has 0 bridgehead atoms. The van der Waals surface area contributed by atoms with Crippen LogP contribution in [0.4, 0.5) is 0 Å². The molecule has 0 saturated heterocycles. The van der Waals surface area contributed by atoms with Crippen molar-refractivity contribution in [1.82, 2.24) is 4.90 Å². The third-order valence-electron chi connectivity index (χ3n) is 5.18. The highest BCUT2D eigenvalue weighted by atomic mass is 16.4. The van der Waals surface area contributed by atoms with E-state index in [-0.39, 0.29) is 25.0 Å². The molecule has 0 aliphatic heterocycles. The van der Waals surface area contributed by atoms with Crippen molar-refractivity contribution in [2.24, 2.45) is 5.41 Å². The molecule has 0 atom stereocenters. The molecular formula is C16H27NO4. The van der Waals surface area contributed by atoms with E-state index in [9.17, 15) is 19.8 Å². The molecule has 0 aromatic rings. The SMILES string of the molecule is O=C(CC1(C(=O)O)CCCCC1)N(CCO)C1CCCC1. The zero-order valence-corrected chi connectivity index (χ0v) is 12.7. The van der Waals surface area contributed by atoms with Crippen LogP contribution in [-0.2, 0) is 9.59 Å². The number of hydrogen-bond acceptors (Lipinski definition) is 3. The first-order valence-corrected chi connectivity index (χ1v) is 8.23. The highest BCUT2D eigenvalue weighted by Crippen LogP contribution is 2.40. The van der Waals surface area contributed by atoms with Crippen LogP contribution in [0.15, 0.2) is 0 Å². The van der Waals surface area contributed by atoms with Crippen molar-refractivity contribution < 1.29 is 19.8 Å². The second kappa shape index (κ2) is 7.25. The highest BCUT2D eigenvalue weighted by Gasteiger charge is 2.43. The predicted molar refractivity (Wildman–Crippen MR) is 78.8 cm³/mol. The van der Waals surface area contributed by atoms with Crippen LogP contribution >= 0.6 is 0 Å². The summed E-state index contributed by atoms with van der Waals surface area (Å²) in [5, 5.41) is 18.8. The highest BCUT2D eigenvalue weighted by molar-refractivity contribution is 5.85. The number of aliphatic carboxylic acids is 1. The van der Waals surface area contributed by atoms with Crippen LogP contribution in [-0.4, -0.2) is 46.2 Å². The number of carbonyl (C=O) groups excluding carboxylic acids is 1. The summed E-state index contributed by atoms with van der Waals surface area (Å²) in [6.07, 6.45) is 8.33. The lowest BCUT2D eigenvalue weighted by molar-refractivity contribution is -0.156. The number of carbonyl (C=O) groups is 2. The van der Waals surface area contributed by atoms with Crippen LogP contribution in [0.1, 0.15) is 64.2 Å². The van der Waals surface area contributed by atoms with Crippen molar-refractivity contribution in [3.05, 3.63) is 0 Å². The molecule has 2 aliphatic carbocycles. The first kappa shape index (κ1) is 16.3. The number of aliphatic hydroxyl groups excluding tert-OH is 1. The van der Waals surface area contributed by atoms with Gasteiger partial charge in [-0.3, -0.25) is 9.59 Å². The Labute approximate surface area is 126 Å². The van der Waals surface area contributed by atoms with E-state index >= 15 is 0 Å². The lowest BCUT2D eigenvalue weighted by Crippen LogP contribution is -2.45. The minimum atomic E-state index is -0.873. The van der Waals surface area contributed by atoms with Gasteiger partial charge in [0.25, 0.3) is 0 Å². The molecule has 1 amide bonds. The molecule has 0 aromatic carbocycles. The number of aliphatic hydroxyl groups is 1. The van der Waals surface area contributed by atoms with Gasteiger partial charge in [0.05, 0.1) is 12.0 Å². The summed E-state index contributed by atoms with van der Waals surface area (Å²) >= 11 is 0. The van der Waals surface area contributed by atoms with Gasteiger partial charge in [-0.1, -0.05) is 32.1 Å². The Bertz CT molecular complexity index is 370. The van der Waals surface area contributed by atoms with E-state index in [1.165, 1.54) is 0 Å². The normalized spacial score (nSPS) is 22.1. The lowest BCUT2D eigenvalue weighted by Gasteiger charge is -2.36. The average molecular weight is 297 g/mol. The number of rotatable bonds is 6. The van der Waals surface area contributed by atoms with E-state index in [1.54, 1.807) is 4.90 Å². The second-order valence-electron chi connectivity index (χ2n) is 6.57. The summed E-state index contributed by atoms with van der Waals surface area (Å²) in [5.74, 6) is -0.911. The molecule has 0 spiro atoms. The second-order valence-corrected chi connectivity index (χ2v) is 6.57. The maximum atomic E-state index is 12.6. The number of amides is 1. The van der Waals surface area contributed by atoms with Crippen molar-refractivity contribution in [3.8, 4) is 0 Å². The van der Waals surface area contributed by atoms with Gasteiger partial charge in [0.2, 0.25) is 5.91 Å². The monoisotopic (exact) mass is 297 g/mol. The van der Waals surface area contributed by atoms with Crippen LogP contribution in [0.3, 0.4) is 0 Å². The van der Waals surface area contributed by atoms with Crippen LogP contribution in [0.5, 0.6) is 0 Å². The zero-order valence-electron chi connectivity index (χ0n) is 12.7. The molecule has 2 N–H and O–H groups in total. The van der Waals surface area contributed by atoms with Crippen molar-refractivity contribution in [3.63, 3.8) is 0 Å². The van der Waals surface area contributed by atoms with Gasteiger partial charge in [-0.2, -0.15) is 0 Å². The molecule has 2 rings (SSSR count). The summed E-state index contributed by atoms with van der Waals surface area (Å²) < 4.78 is 0. The number of nitrogens with zero attached hydrogens (tertiary/aromatic N) is 1. The minimum Gasteiger partial charge on any atom is -0.481 e. The molecule has 2 fully saturated rings. The van der Waals surface area contributed by atoms with Crippen LogP contribution < -0.4 is 0 Å². The van der Waals surface area contributed by atoms with E-state index < -0.39 is 11.4 Å². The van der Waals surface area contributed by atoms with Gasteiger partial charge in [-0.25, -0.2) is 0 Å². The van der Waals surface area contributed by atoms with Gasteiger partial charge in [-0.15, -0.1) is 0 Å². The van der Waals surface area contributed by atoms with E-state index in [4.69, 9.17) is 0 Å².